The van der Waals surface area contributed by atoms with Crippen molar-refractivity contribution in [3.8, 4) is 0 Å². The third-order valence-corrected chi connectivity index (χ3v) is 5.64. The summed E-state index contributed by atoms with van der Waals surface area (Å²) in [6, 6.07) is 8.13. The average Bonchev–Trinajstić information content (AvgIpc) is 2.70. The Morgan fingerprint density at radius 3 is 2.36 bits per heavy atom. The minimum Gasteiger partial charge on any atom is -0.378 e. The number of rotatable bonds is 2. The van der Waals surface area contributed by atoms with Crippen molar-refractivity contribution in [1.82, 2.24) is 9.80 Å². The van der Waals surface area contributed by atoms with Gasteiger partial charge in [-0.05, 0) is 31.0 Å². The molecule has 2 aliphatic heterocycles. The van der Waals surface area contributed by atoms with Crippen LogP contribution >= 0.6 is 0 Å². The fourth-order valence-corrected chi connectivity index (χ4v) is 4.05. The van der Waals surface area contributed by atoms with Gasteiger partial charge in [-0.25, -0.2) is 0 Å². The molecule has 3 rings (SSSR count). The Bertz CT molecular complexity index is 658. The van der Waals surface area contributed by atoms with E-state index in [1.165, 1.54) is 12.8 Å². The number of ether oxygens (including phenoxy) is 1. The molecule has 1 fully saturated rings. The van der Waals surface area contributed by atoms with E-state index in [1.807, 2.05) is 28.0 Å². The minimum absolute atomic E-state index is 0.0838. The molecule has 154 valence electrons. The molecule has 1 aromatic rings. The standard InChI is InChI=1S/C22H33N3O3/c1-19(26)25-12-8-4-2-3-7-11-23(17-20-9-5-6-10-21(20)25)18-22(27)24-13-15-28-16-14-24/h5-6,9-10H,2-4,7-8,11-18H2,1H3. The molecule has 1 aromatic carbocycles. The second-order valence-electron chi connectivity index (χ2n) is 7.77. The maximum Gasteiger partial charge on any atom is 0.236 e. The van der Waals surface area contributed by atoms with Gasteiger partial charge >= 0.3 is 0 Å². The van der Waals surface area contributed by atoms with Gasteiger partial charge in [0.1, 0.15) is 0 Å². The summed E-state index contributed by atoms with van der Waals surface area (Å²) in [7, 11) is 0. The first kappa shape index (κ1) is 20.8. The van der Waals surface area contributed by atoms with Crippen molar-refractivity contribution in [2.24, 2.45) is 0 Å². The van der Waals surface area contributed by atoms with E-state index in [0.717, 1.165) is 43.6 Å². The van der Waals surface area contributed by atoms with Crippen LogP contribution in [0.4, 0.5) is 5.69 Å². The zero-order valence-corrected chi connectivity index (χ0v) is 17.1. The summed E-state index contributed by atoms with van der Waals surface area (Å²) in [5, 5.41) is 0. The van der Waals surface area contributed by atoms with Gasteiger partial charge in [0, 0.05) is 38.8 Å². The highest BCUT2D eigenvalue weighted by atomic mass is 16.5. The van der Waals surface area contributed by atoms with Crippen LogP contribution < -0.4 is 4.90 Å². The molecule has 1 saturated heterocycles. The van der Waals surface area contributed by atoms with Gasteiger partial charge in [0.15, 0.2) is 0 Å². The van der Waals surface area contributed by atoms with E-state index in [-0.39, 0.29) is 11.8 Å². The SMILES string of the molecule is CC(=O)N1CCCCCCCN(CC(=O)N2CCOCC2)Cc2ccccc21. The molecule has 0 spiro atoms. The quantitative estimate of drug-likeness (QED) is 0.783. The smallest absolute Gasteiger partial charge is 0.236 e. The van der Waals surface area contributed by atoms with E-state index in [2.05, 4.69) is 11.0 Å². The lowest BCUT2D eigenvalue weighted by molar-refractivity contribution is -0.136. The Morgan fingerprint density at radius 1 is 0.929 bits per heavy atom. The van der Waals surface area contributed by atoms with Crippen LogP contribution in [0.15, 0.2) is 24.3 Å². The second-order valence-corrected chi connectivity index (χ2v) is 7.77. The normalized spacial score (nSPS) is 20.0. The first-order valence-corrected chi connectivity index (χ1v) is 10.6. The monoisotopic (exact) mass is 387 g/mol. The third kappa shape index (κ3) is 5.79. The molecule has 6 heteroatoms. The van der Waals surface area contributed by atoms with Gasteiger partial charge in [0.2, 0.25) is 11.8 Å². The molecular formula is C22H33N3O3. The van der Waals surface area contributed by atoms with Gasteiger partial charge in [-0.2, -0.15) is 0 Å². The summed E-state index contributed by atoms with van der Waals surface area (Å²) in [5.41, 5.74) is 2.10. The topological polar surface area (TPSA) is 53.1 Å². The van der Waals surface area contributed by atoms with Gasteiger partial charge in [0.25, 0.3) is 0 Å². The second kappa shape index (κ2) is 10.6. The molecule has 0 aromatic heterocycles. The van der Waals surface area contributed by atoms with Crippen LogP contribution in [0, 0.1) is 0 Å². The number of amides is 2. The number of nitrogens with zero attached hydrogens (tertiary/aromatic N) is 3. The molecule has 0 atom stereocenters. The van der Waals surface area contributed by atoms with E-state index in [1.54, 1.807) is 6.92 Å². The van der Waals surface area contributed by atoms with Crippen LogP contribution in [0.3, 0.4) is 0 Å². The number of morpholine rings is 1. The van der Waals surface area contributed by atoms with E-state index >= 15 is 0 Å². The van der Waals surface area contributed by atoms with Crippen LogP contribution in [0.25, 0.3) is 0 Å². The number of carbonyl (C=O) groups excluding carboxylic acids is 2. The molecule has 0 saturated carbocycles. The number of carbonyl (C=O) groups is 2. The highest BCUT2D eigenvalue weighted by Crippen LogP contribution is 2.24. The largest absolute Gasteiger partial charge is 0.378 e. The molecule has 2 aliphatic rings. The van der Waals surface area contributed by atoms with Crippen molar-refractivity contribution in [3.05, 3.63) is 29.8 Å². The van der Waals surface area contributed by atoms with Crippen molar-refractivity contribution < 1.29 is 14.3 Å². The Labute approximate surface area is 168 Å². The van der Waals surface area contributed by atoms with E-state index in [9.17, 15) is 9.59 Å². The summed E-state index contributed by atoms with van der Waals surface area (Å²) in [6.07, 6.45) is 5.63. The van der Waals surface area contributed by atoms with Crippen LogP contribution in [0.1, 0.15) is 44.6 Å². The van der Waals surface area contributed by atoms with Gasteiger partial charge in [-0.3, -0.25) is 14.5 Å². The number of hydrogen-bond donors (Lipinski definition) is 0. The lowest BCUT2D eigenvalue weighted by Gasteiger charge is -2.31. The summed E-state index contributed by atoms with van der Waals surface area (Å²) < 4.78 is 5.37. The summed E-state index contributed by atoms with van der Waals surface area (Å²) in [6.45, 7) is 7.05. The number of benzene rings is 1. The molecule has 28 heavy (non-hydrogen) atoms. The van der Waals surface area contributed by atoms with Gasteiger partial charge in [-0.15, -0.1) is 0 Å². The predicted octanol–water partition coefficient (Wildman–Crippen LogP) is 2.66. The van der Waals surface area contributed by atoms with Gasteiger partial charge < -0.3 is 14.5 Å². The van der Waals surface area contributed by atoms with Crippen LogP contribution in [-0.4, -0.2) is 67.6 Å². The molecule has 0 radical (unpaired) electrons. The maximum atomic E-state index is 12.8. The molecule has 2 heterocycles. The number of hydrogen-bond acceptors (Lipinski definition) is 4. The molecular weight excluding hydrogens is 354 g/mol. The average molecular weight is 388 g/mol. The van der Waals surface area contributed by atoms with E-state index < -0.39 is 0 Å². The molecule has 0 bridgehead atoms. The number of anilines is 1. The van der Waals surface area contributed by atoms with Crippen LogP contribution in [0.2, 0.25) is 0 Å². The van der Waals surface area contributed by atoms with Crippen molar-refractivity contribution in [2.75, 3.05) is 50.8 Å². The van der Waals surface area contributed by atoms with Crippen molar-refractivity contribution in [2.45, 2.75) is 45.6 Å². The zero-order valence-electron chi connectivity index (χ0n) is 17.1. The number of para-hydroxylation sites is 1. The van der Waals surface area contributed by atoms with Crippen molar-refractivity contribution >= 4 is 17.5 Å². The maximum absolute atomic E-state index is 12.8. The highest BCUT2D eigenvalue weighted by Gasteiger charge is 2.22. The van der Waals surface area contributed by atoms with Gasteiger partial charge in [-0.1, -0.05) is 37.5 Å². The van der Waals surface area contributed by atoms with Crippen LogP contribution in [-0.2, 0) is 20.9 Å². The van der Waals surface area contributed by atoms with E-state index in [4.69, 9.17) is 4.74 Å². The molecule has 0 aliphatic carbocycles. The molecule has 6 nitrogen and oxygen atoms in total. The van der Waals surface area contributed by atoms with Gasteiger partial charge in [0.05, 0.1) is 19.8 Å². The summed E-state index contributed by atoms with van der Waals surface area (Å²) in [5.74, 6) is 0.261. The first-order chi connectivity index (χ1) is 13.6. The van der Waals surface area contributed by atoms with Crippen LogP contribution in [0.5, 0.6) is 0 Å². The predicted molar refractivity (Wildman–Crippen MR) is 110 cm³/mol. The van der Waals surface area contributed by atoms with Crippen molar-refractivity contribution in [1.29, 1.82) is 0 Å². The molecule has 0 N–H and O–H groups in total. The Balaban J connectivity index is 1.77. The summed E-state index contributed by atoms with van der Waals surface area (Å²) in [4.78, 5) is 31.1. The van der Waals surface area contributed by atoms with Crippen molar-refractivity contribution in [3.63, 3.8) is 0 Å². The Kier molecular flexibility index (Phi) is 7.86. The number of fused-ring (bicyclic) bond motifs is 1. The highest BCUT2D eigenvalue weighted by molar-refractivity contribution is 5.92. The fourth-order valence-electron chi connectivity index (χ4n) is 4.05. The lowest BCUT2D eigenvalue weighted by atomic mass is 10.1. The first-order valence-electron chi connectivity index (χ1n) is 10.6. The van der Waals surface area contributed by atoms with E-state index in [0.29, 0.717) is 39.4 Å². The fraction of sp³-hybridized carbons (Fsp3) is 0.636. The minimum atomic E-state index is 0.0838. The Morgan fingerprint density at radius 2 is 1.61 bits per heavy atom. The molecule has 0 unspecified atom stereocenters. The zero-order chi connectivity index (χ0) is 19.8. The Hall–Kier alpha value is -1.92. The lowest BCUT2D eigenvalue weighted by Crippen LogP contribution is -2.46. The third-order valence-electron chi connectivity index (χ3n) is 5.64. The molecule has 2 amide bonds. The summed E-state index contributed by atoms with van der Waals surface area (Å²) >= 11 is 0.